The van der Waals surface area contributed by atoms with Crippen LogP contribution in [0, 0.1) is 11.8 Å². The molecule has 1 fully saturated rings. The lowest BCUT2D eigenvalue weighted by Crippen LogP contribution is -2.47. The summed E-state index contributed by atoms with van der Waals surface area (Å²) in [6, 6.07) is 0. The topological polar surface area (TPSA) is 23.6 Å². The second kappa shape index (κ2) is 5.38. The fraction of sp³-hybridized carbons (Fsp3) is 0.929. The average Bonchev–Trinajstić information content (AvgIpc) is 2.27. The van der Waals surface area contributed by atoms with E-state index in [2.05, 4.69) is 32.8 Å². The van der Waals surface area contributed by atoms with Gasteiger partial charge in [-0.3, -0.25) is 4.79 Å². The molecule has 0 bridgehead atoms. The molecule has 0 radical (unpaired) electrons. The van der Waals surface area contributed by atoms with Gasteiger partial charge < -0.3 is 9.80 Å². The second-order valence-corrected chi connectivity index (χ2v) is 6.33. The molecule has 1 aliphatic carbocycles. The van der Waals surface area contributed by atoms with Crippen LogP contribution in [0.5, 0.6) is 0 Å². The molecule has 100 valence electrons. The lowest BCUT2D eigenvalue weighted by atomic mass is 9.72. The standard InChI is InChI=1S/C14H28N2O/c1-14(2,16(5)6)12-9-7-11(8-10-12)13(17)15(3)4/h11-12H,7-10H2,1-6H3. The zero-order valence-corrected chi connectivity index (χ0v) is 12.3. The minimum absolute atomic E-state index is 0.242. The summed E-state index contributed by atoms with van der Waals surface area (Å²) in [5.74, 6) is 1.29. The van der Waals surface area contributed by atoms with Crippen LogP contribution < -0.4 is 0 Å². The molecule has 1 rings (SSSR count). The van der Waals surface area contributed by atoms with Crippen LogP contribution >= 0.6 is 0 Å². The van der Waals surface area contributed by atoms with E-state index in [-0.39, 0.29) is 11.5 Å². The van der Waals surface area contributed by atoms with Gasteiger partial charge in [0.15, 0.2) is 0 Å². The van der Waals surface area contributed by atoms with Crippen LogP contribution in [0.25, 0.3) is 0 Å². The maximum Gasteiger partial charge on any atom is 0.225 e. The summed E-state index contributed by atoms with van der Waals surface area (Å²) in [5, 5.41) is 0. The smallest absolute Gasteiger partial charge is 0.225 e. The summed E-state index contributed by atoms with van der Waals surface area (Å²) in [4.78, 5) is 16.0. The molecule has 3 heteroatoms. The highest BCUT2D eigenvalue weighted by molar-refractivity contribution is 5.78. The van der Waals surface area contributed by atoms with E-state index in [1.807, 2.05) is 14.1 Å². The highest BCUT2D eigenvalue weighted by Crippen LogP contribution is 2.37. The van der Waals surface area contributed by atoms with Gasteiger partial charge in [0.05, 0.1) is 0 Å². The first-order chi connectivity index (χ1) is 7.76. The van der Waals surface area contributed by atoms with Crippen molar-refractivity contribution in [3.8, 4) is 0 Å². The molecule has 0 saturated heterocycles. The highest BCUT2D eigenvalue weighted by Gasteiger charge is 2.36. The molecule has 0 unspecified atom stereocenters. The fourth-order valence-electron chi connectivity index (χ4n) is 2.78. The van der Waals surface area contributed by atoms with Gasteiger partial charge in [0, 0.05) is 25.6 Å². The highest BCUT2D eigenvalue weighted by atomic mass is 16.2. The number of rotatable bonds is 3. The van der Waals surface area contributed by atoms with Gasteiger partial charge in [0.25, 0.3) is 0 Å². The van der Waals surface area contributed by atoms with Crippen molar-refractivity contribution in [2.45, 2.75) is 45.1 Å². The Labute approximate surface area is 106 Å². The van der Waals surface area contributed by atoms with E-state index in [4.69, 9.17) is 0 Å². The van der Waals surface area contributed by atoms with Gasteiger partial charge in [0.1, 0.15) is 0 Å². The normalized spacial score (nSPS) is 26.1. The molecule has 3 nitrogen and oxygen atoms in total. The molecular weight excluding hydrogens is 212 g/mol. The van der Waals surface area contributed by atoms with E-state index >= 15 is 0 Å². The summed E-state index contributed by atoms with van der Waals surface area (Å²) in [5.41, 5.74) is 0.242. The summed E-state index contributed by atoms with van der Waals surface area (Å²) in [7, 11) is 8.02. The van der Waals surface area contributed by atoms with E-state index in [1.54, 1.807) is 4.90 Å². The van der Waals surface area contributed by atoms with E-state index in [1.165, 1.54) is 12.8 Å². The third-order valence-corrected chi connectivity index (χ3v) is 4.67. The molecule has 1 saturated carbocycles. The van der Waals surface area contributed by atoms with Crippen molar-refractivity contribution in [2.75, 3.05) is 28.2 Å². The zero-order valence-electron chi connectivity index (χ0n) is 12.3. The van der Waals surface area contributed by atoms with Crippen molar-refractivity contribution < 1.29 is 4.79 Å². The molecule has 1 amide bonds. The van der Waals surface area contributed by atoms with Crippen LogP contribution in [0.2, 0.25) is 0 Å². The molecular formula is C14H28N2O. The number of hydrogen-bond donors (Lipinski definition) is 0. The van der Waals surface area contributed by atoms with Gasteiger partial charge in [-0.2, -0.15) is 0 Å². The lowest BCUT2D eigenvalue weighted by molar-refractivity contribution is -0.134. The molecule has 17 heavy (non-hydrogen) atoms. The molecule has 0 aromatic heterocycles. The monoisotopic (exact) mass is 240 g/mol. The molecule has 0 aliphatic heterocycles. The number of hydrogen-bond acceptors (Lipinski definition) is 2. The van der Waals surface area contributed by atoms with Crippen LogP contribution in [-0.2, 0) is 4.79 Å². The van der Waals surface area contributed by atoms with Crippen molar-refractivity contribution in [2.24, 2.45) is 11.8 Å². The minimum atomic E-state index is 0.242. The molecule has 0 heterocycles. The fourth-order valence-corrected chi connectivity index (χ4v) is 2.78. The Balaban J connectivity index is 2.54. The summed E-state index contributed by atoms with van der Waals surface area (Å²) < 4.78 is 0. The van der Waals surface area contributed by atoms with Crippen molar-refractivity contribution in [1.82, 2.24) is 9.80 Å². The maximum absolute atomic E-state index is 11.9. The number of nitrogens with zero attached hydrogens (tertiary/aromatic N) is 2. The van der Waals surface area contributed by atoms with E-state index in [0.717, 1.165) is 12.8 Å². The first-order valence-electron chi connectivity index (χ1n) is 6.65. The summed E-state index contributed by atoms with van der Waals surface area (Å²) >= 11 is 0. The molecule has 0 aromatic rings. The number of amides is 1. The Hall–Kier alpha value is -0.570. The van der Waals surface area contributed by atoms with Crippen LogP contribution in [0.15, 0.2) is 0 Å². The summed E-state index contributed by atoms with van der Waals surface area (Å²) in [6.45, 7) is 4.62. The zero-order chi connectivity index (χ0) is 13.2. The van der Waals surface area contributed by atoms with Crippen molar-refractivity contribution in [3.05, 3.63) is 0 Å². The Bertz CT molecular complexity index is 263. The molecule has 0 N–H and O–H groups in total. The van der Waals surface area contributed by atoms with Crippen molar-refractivity contribution >= 4 is 5.91 Å². The van der Waals surface area contributed by atoms with E-state index in [9.17, 15) is 4.79 Å². The van der Waals surface area contributed by atoms with Gasteiger partial charge in [-0.05, 0) is 59.5 Å². The predicted molar refractivity (Wildman–Crippen MR) is 71.9 cm³/mol. The van der Waals surface area contributed by atoms with Crippen LogP contribution in [0.4, 0.5) is 0 Å². The largest absolute Gasteiger partial charge is 0.349 e. The van der Waals surface area contributed by atoms with Crippen LogP contribution in [0.1, 0.15) is 39.5 Å². The number of carbonyl (C=O) groups excluding carboxylic acids is 1. The van der Waals surface area contributed by atoms with Gasteiger partial charge >= 0.3 is 0 Å². The molecule has 1 aliphatic rings. The SMILES string of the molecule is CN(C)C(=O)C1CCC(C(C)(C)N(C)C)CC1. The first-order valence-corrected chi connectivity index (χ1v) is 6.65. The van der Waals surface area contributed by atoms with Gasteiger partial charge in [0.2, 0.25) is 5.91 Å². The predicted octanol–water partition coefficient (Wildman–Crippen LogP) is 2.22. The Morgan fingerprint density at radius 2 is 1.47 bits per heavy atom. The van der Waals surface area contributed by atoms with E-state index < -0.39 is 0 Å². The Kier molecular flexibility index (Phi) is 4.59. The summed E-state index contributed by atoms with van der Waals surface area (Å²) in [6.07, 6.45) is 4.46. The van der Waals surface area contributed by atoms with Crippen molar-refractivity contribution in [3.63, 3.8) is 0 Å². The lowest BCUT2D eigenvalue weighted by Gasteiger charge is -2.43. The molecule has 0 aromatic carbocycles. The van der Waals surface area contributed by atoms with Crippen LogP contribution in [0.3, 0.4) is 0 Å². The number of carbonyl (C=O) groups is 1. The van der Waals surface area contributed by atoms with E-state index in [0.29, 0.717) is 11.8 Å². The van der Waals surface area contributed by atoms with Gasteiger partial charge in [-0.25, -0.2) is 0 Å². The average molecular weight is 240 g/mol. The van der Waals surface area contributed by atoms with Crippen molar-refractivity contribution in [1.29, 1.82) is 0 Å². The third-order valence-electron chi connectivity index (χ3n) is 4.67. The van der Waals surface area contributed by atoms with Gasteiger partial charge in [-0.1, -0.05) is 0 Å². The first kappa shape index (κ1) is 14.5. The quantitative estimate of drug-likeness (QED) is 0.755. The Morgan fingerprint density at radius 3 is 1.82 bits per heavy atom. The Morgan fingerprint density at radius 1 is 1.00 bits per heavy atom. The van der Waals surface area contributed by atoms with Crippen LogP contribution in [-0.4, -0.2) is 49.4 Å². The minimum Gasteiger partial charge on any atom is -0.349 e. The second-order valence-electron chi connectivity index (χ2n) is 6.33. The third kappa shape index (κ3) is 3.21. The molecule has 0 spiro atoms. The maximum atomic E-state index is 11.9. The van der Waals surface area contributed by atoms with Gasteiger partial charge in [-0.15, -0.1) is 0 Å². The molecule has 0 atom stereocenters.